The van der Waals surface area contributed by atoms with Gasteiger partial charge in [-0.05, 0) is 21.1 Å². The van der Waals surface area contributed by atoms with Crippen LogP contribution in [-0.2, 0) is 9.47 Å². The molecule has 0 saturated heterocycles. The van der Waals surface area contributed by atoms with Crippen molar-refractivity contribution < 1.29 is 29.3 Å². The van der Waals surface area contributed by atoms with E-state index in [4.69, 9.17) is 15.2 Å². The summed E-state index contributed by atoms with van der Waals surface area (Å²) in [7, 11) is 10.1. The Kier molecular flexibility index (Phi) is 13.6. The number of ether oxygens (including phenoxy) is 2. The molecule has 0 fully saturated rings. The van der Waals surface area contributed by atoms with Gasteiger partial charge in [0.15, 0.2) is 0 Å². The van der Waals surface area contributed by atoms with Crippen molar-refractivity contribution in [3.05, 3.63) is 0 Å². The Labute approximate surface area is 158 Å². The van der Waals surface area contributed by atoms with Gasteiger partial charge in [-0.3, -0.25) is 4.90 Å². The van der Waals surface area contributed by atoms with Crippen LogP contribution in [0.5, 0.6) is 0 Å². The van der Waals surface area contributed by atoms with Crippen molar-refractivity contribution in [2.45, 2.75) is 18.4 Å². The number of aliphatic hydroxyl groups is 3. The van der Waals surface area contributed by atoms with Crippen LogP contribution in [0.1, 0.15) is 0 Å². The maximum atomic E-state index is 10.4. The lowest BCUT2D eigenvalue weighted by Gasteiger charge is -2.36. The fraction of sp³-hybridized carbons (Fsp3) is 1.00. The third kappa shape index (κ3) is 12.9. The Balaban J connectivity index is 3.95. The highest BCUT2D eigenvalue weighted by Crippen LogP contribution is 2.06. The van der Waals surface area contributed by atoms with Gasteiger partial charge in [0.1, 0.15) is 12.7 Å². The summed E-state index contributed by atoms with van der Waals surface area (Å²) in [6, 6.07) is 0. The van der Waals surface area contributed by atoms with Crippen LogP contribution < -0.4 is 5.73 Å². The molecular weight excluding hydrogens is 340 g/mol. The van der Waals surface area contributed by atoms with Gasteiger partial charge in [0.25, 0.3) is 0 Å². The smallest absolute Gasteiger partial charge is 0.214 e. The predicted octanol–water partition coefficient (Wildman–Crippen LogP) is -2.41. The minimum atomic E-state index is -0.806. The van der Waals surface area contributed by atoms with Gasteiger partial charge in [-0.15, -0.1) is 0 Å². The topological polar surface area (TPSA) is 112 Å². The van der Waals surface area contributed by atoms with Crippen LogP contribution in [0.25, 0.3) is 0 Å². The molecule has 0 aliphatic carbocycles. The highest BCUT2D eigenvalue weighted by atomic mass is 16.5. The summed E-state index contributed by atoms with van der Waals surface area (Å²) in [5, 5.41) is 29.4. The summed E-state index contributed by atoms with van der Waals surface area (Å²) in [4.78, 5) is 4.38. The van der Waals surface area contributed by atoms with E-state index in [1.807, 2.05) is 14.1 Å². The zero-order chi connectivity index (χ0) is 20.2. The molecule has 158 valence electrons. The van der Waals surface area contributed by atoms with Crippen molar-refractivity contribution in [2.24, 2.45) is 5.73 Å². The van der Waals surface area contributed by atoms with E-state index in [1.54, 1.807) is 0 Å². The second-order valence-corrected chi connectivity index (χ2v) is 7.71. The van der Waals surface area contributed by atoms with E-state index in [0.717, 1.165) is 26.2 Å². The predicted molar refractivity (Wildman–Crippen MR) is 102 cm³/mol. The molecule has 0 aromatic rings. The van der Waals surface area contributed by atoms with Crippen LogP contribution >= 0.6 is 0 Å². The molecule has 0 aliphatic heterocycles. The number of hydrogen-bond donors (Lipinski definition) is 4. The maximum absolute atomic E-state index is 10.4. The van der Waals surface area contributed by atoms with Gasteiger partial charge < -0.3 is 39.9 Å². The third-order valence-corrected chi connectivity index (χ3v) is 4.26. The molecule has 0 aromatic carbocycles. The lowest BCUT2D eigenvalue weighted by atomic mass is 10.3. The fourth-order valence-electron chi connectivity index (χ4n) is 2.03. The first-order valence-electron chi connectivity index (χ1n) is 9.14. The van der Waals surface area contributed by atoms with Crippen molar-refractivity contribution >= 4 is 0 Å². The Bertz CT molecular complexity index is 347. The summed E-state index contributed by atoms with van der Waals surface area (Å²) < 4.78 is 11.0. The molecule has 0 amide bonds. The van der Waals surface area contributed by atoms with Crippen LogP contribution in [-0.4, -0.2) is 142 Å². The van der Waals surface area contributed by atoms with Gasteiger partial charge >= 0.3 is 0 Å². The SMILES string of the molecule is CN(C)CCN(C)CC[N+](C)(C)C(O)COCC(O)COCC(O)CN. The molecule has 0 saturated carbocycles. The number of rotatable bonds is 16. The first kappa shape index (κ1) is 25.6. The molecule has 9 nitrogen and oxygen atoms in total. The number of nitrogens with two attached hydrogens (primary N) is 1. The standard InChI is InChI=1S/C17H41N4O5/c1-19(2)6-7-20(3)8-9-21(4,5)17(24)14-26-13-16(23)12-25-11-15(22)10-18/h15-17,22-24H,6-14,18H2,1-5H3/q+1. The van der Waals surface area contributed by atoms with Gasteiger partial charge in [0.05, 0.1) is 46.6 Å². The summed E-state index contributed by atoms with van der Waals surface area (Å²) in [6.07, 6.45) is -2.21. The summed E-state index contributed by atoms with van der Waals surface area (Å²) in [6.45, 7) is 4.10. The number of nitrogens with zero attached hydrogens (tertiary/aromatic N) is 3. The molecule has 0 bridgehead atoms. The Morgan fingerprint density at radius 1 is 0.846 bits per heavy atom. The number of hydrogen-bond acceptors (Lipinski definition) is 8. The molecule has 0 spiro atoms. The van der Waals surface area contributed by atoms with Crippen molar-refractivity contribution in [3.63, 3.8) is 0 Å². The van der Waals surface area contributed by atoms with Crippen LogP contribution in [0, 0.1) is 0 Å². The quantitative estimate of drug-likeness (QED) is 0.173. The monoisotopic (exact) mass is 381 g/mol. The highest BCUT2D eigenvalue weighted by molar-refractivity contribution is 4.57. The van der Waals surface area contributed by atoms with Gasteiger partial charge in [0.2, 0.25) is 6.23 Å². The second-order valence-electron chi connectivity index (χ2n) is 7.71. The van der Waals surface area contributed by atoms with Crippen LogP contribution in [0.2, 0.25) is 0 Å². The molecule has 3 unspecified atom stereocenters. The number of aliphatic hydroxyl groups excluding tert-OH is 3. The molecule has 9 heteroatoms. The molecule has 3 atom stereocenters. The van der Waals surface area contributed by atoms with Crippen molar-refractivity contribution in [1.29, 1.82) is 0 Å². The van der Waals surface area contributed by atoms with Gasteiger partial charge in [0, 0.05) is 26.2 Å². The molecule has 0 aromatic heterocycles. The fourth-order valence-corrected chi connectivity index (χ4v) is 2.03. The summed E-state index contributed by atoms with van der Waals surface area (Å²) >= 11 is 0. The number of quaternary nitrogens is 1. The largest absolute Gasteiger partial charge is 0.389 e. The van der Waals surface area contributed by atoms with E-state index in [-0.39, 0.29) is 33.0 Å². The Hall–Kier alpha value is -0.360. The highest BCUT2D eigenvalue weighted by Gasteiger charge is 2.26. The first-order chi connectivity index (χ1) is 12.1. The van der Waals surface area contributed by atoms with Gasteiger partial charge in [-0.25, -0.2) is 0 Å². The average molecular weight is 382 g/mol. The normalized spacial score (nSPS) is 16.3. The lowest BCUT2D eigenvalue weighted by molar-refractivity contribution is -0.936. The van der Waals surface area contributed by atoms with Crippen LogP contribution in [0.4, 0.5) is 0 Å². The zero-order valence-electron chi connectivity index (χ0n) is 17.2. The number of likely N-dealkylation sites (N-methyl/N-ethyl adjacent to an activating group) is 3. The van der Waals surface area contributed by atoms with Gasteiger partial charge in [-0.2, -0.15) is 0 Å². The van der Waals surface area contributed by atoms with Crippen molar-refractivity contribution in [2.75, 3.05) is 94.4 Å². The van der Waals surface area contributed by atoms with Crippen LogP contribution in [0.15, 0.2) is 0 Å². The molecular formula is C17H41N4O5+. The molecule has 26 heavy (non-hydrogen) atoms. The molecule has 5 N–H and O–H groups in total. The van der Waals surface area contributed by atoms with Crippen molar-refractivity contribution in [1.82, 2.24) is 9.80 Å². The van der Waals surface area contributed by atoms with E-state index in [0.29, 0.717) is 4.48 Å². The third-order valence-electron chi connectivity index (χ3n) is 4.26. The molecule has 0 rings (SSSR count). The van der Waals surface area contributed by atoms with Crippen LogP contribution in [0.3, 0.4) is 0 Å². The lowest BCUT2D eigenvalue weighted by Crippen LogP contribution is -2.54. The minimum Gasteiger partial charge on any atom is -0.389 e. The van der Waals surface area contributed by atoms with E-state index < -0.39 is 18.4 Å². The summed E-state index contributed by atoms with van der Waals surface area (Å²) in [5.74, 6) is 0. The maximum Gasteiger partial charge on any atom is 0.214 e. The minimum absolute atomic E-state index is 0.0576. The molecule has 0 heterocycles. The van der Waals surface area contributed by atoms with E-state index in [2.05, 4.69) is 30.9 Å². The van der Waals surface area contributed by atoms with Gasteiger partial charge in [-0.1, -0.05) is 0 Å². The molecule has 0 aliphatic rings. The summed E-state index contributed by atoms with van der Waals surface area (Å²) in [5.41, 5.74) is 5.26. The van der Waals surface area contributed by atoms with E-state index >= 15 is 0 Å². The first-order valence-corrected chi connectivity index (χ1v) is 9.14. The Morgan fingerprint density at radius 3 is 1.92 bits per heavy atom. The second kappa shape index (κ2) is 13.8. The Morgan fingerprint density at radius 2 is 1.38 bits per heavy atom. The van der Waals surface area contributed by atoms with E-state index in [1.165, 1.54) is 0 Å². The zero-order valence-corrected chi connectivity index (χ0v) is 17.2. The van der Waals surface area contributed by atoms with E-state index in [9.17, 15) is 15.3 Å². The van der Waals surface area contributed by atoms with Crippen molar-refractivity contribution in [3.8, 4) is 0 Å². The average Bonchev–Trinajstić information content (AvgIpc) is 2.57. The molecule has 0 radical (unpaired) electrons.